The summed E-state index contributed by atoms with van der Waals surface area (Å²) in [7, 11) is 1.82. The van der Waals surface area contributed by atoms with E-state index in [4.69, 9.17) is 4.74 Å². The Balaban J connectivity index is 0.00000363. The average Bonchev–Trinajstić information content (AvgIpc) is 2.83. The number of hydrogen-bond donors (Lipinski definition) is 2. The number of aliphatic imine (C=N–C) groups is 1. The van der Waals surface area contributed by atoms with E-state index in [2.05, 4.69) is 80.0 Å². The fraction of sp³-hybridized carbons (Fsp3) is 0.480. The van der Waals surface area contributed by atoms with Gasteiger partial charge in [0, 0.05) is 71.8 Å². The molecule has 0 atom stereocenters. The van der Waals surface area contributed by atoms with Crippen molar-refractivity contribution < 1.29 is 4.74 Å². The van der Waals surface area contributed by atoms with Crippen LogP contribution in [0.5, 0.6) is 0 Å². The van der Waals surface area contributed by atoms with Gasteiger partial charge in [-0.2, -0.15) is 0 Å². The monoisotopic (exact) mass is 551 g/mol. The van der Waals surface area contributed by atoms with E-state index in [1.807, 2.05) is 14.0 Å². The maximum atomic E-state index is 5.39. The second-order valence-electron chi connectivity index (χ2n) is 7.77. The minimum absolute atomic E-state index is 0. The SMILES string of the molecule is CCOCCCNC(=NC)NCc1ccccc1CN1CCN(c2ccccc2)CC1.I. The first kappa shape index (κ1) is 26.4. The van der Waals surface area contributed by atoms with Gasteiger partial charge in [0.2, 0.25) is 0 Å². The Morgan fingerprint density at radius 3 is 2.31 bits per heavy atom. The average molecular weight is 552 g/mol. The number of guanidine groups is 1. The zero-order valence-electron chi connectivity index (χ0n) is 19.4. The van der Waals surface area contributed by atoms with E-state index in [0.717, 1.165) is 71.4 Å². The Morgan fingerprint density at radius 2 is 1.62 bits per heavy atom. The zero-order valence-corrected chi connectivity index (χ0v) is 21.8. The third-order valence-corrected chi connectivity index (χ3v) is 5.64. The first-order valence-electron chi connectivity index (χ1n) is 11.4. The number of nitrogens with one attached hydrogen (secondary N) is 2. The number of halogens is 1. The van der Waals surface area contributed by atoms with Crippen molar-refractivity contribution in [2.75, 3.05) is 57.9 Å². The lowest BCUT2D eigenvalue weighted by molar-refractivity contribution is 0.145. The molecule has 2 aromatic carbocycles. The molecule has 0 saturated carbocycles. The van der Waals surface area contributed by atoms with Crippen LogP contribution in [0.2, 0.25) is 0 Å². The second-order valence-corrected chi connectivity index (χ2v) is 7.77. The Labute approximate surface area is 210 Å². The van der Waals surface area contributed by atoms with Gasteiger partial charge in [0.1, 0.15) is 0 Å². The fourth-order valence-corrected chi connectivity index (χ4v) is 3.85. The third-order valence-electron chi connectivity index (χ3n) is 5.64. The Hall–Kier alpha value is -1.84. The fourth-order valence-electron chi connectivity index (χ4n) is 3.85. The number of para-hydroxylation sites is 1. The van der Waals surface area contributed by atoms with E-state index in [0.29, 0.717) is 0 Å². The van der Waals surface area contributed by atoms with Crippen LogP contribution in [-0.2, 0) is 17.8 Å². The number of hydrogen-bond acceptors (Lipinski definition) is 4. The van der Waals surface area contributed by atoms with Gasteiger partial charge in [0.25, 0.3) is 0 Å². The summed E-state index contributed by atoms with van der Waals surface area (Å²) in [6.07, 6.45) is 0.972. The maximum Gasteiger partial charge on any atom is 0.191 e. The van der Waals surface area contributed by atoms with Gasteiger partial charge in [-0.15, -0.1) is 24.0 Å². The third kappa shape index (κ3) is 8.60. The van der Waals surface area contributed by atoms with Crippen molar-refractivity contribution in [2.45, 2.75) is 26.4 Å². The van der Waals surface area contributed by atoms with Gasteiger partial charge < -0.3 is 20.3 Å². The molecule has 1 aliphatic heterocycles. The van der Waals surface area contributed by atoms with Crippen LogP contribution in [0.1, 0.15) is 24.5 Å². The molecule has 0 aliphatic carbocycles. The molecular weight excluding hydrogens is 513 g/mol. The minimum Gasteiger partial charge on any atom is -0.382 e. The highest BCUT2D eigenvalue weighted by molar-refractivity contribution is 14.0. The number of piperazine rings is 1. The smallest absolute Gasteiger partial charge is 0.191 e. The largest absolute Gasteiger partial charge is 0.382 e. The van der Waals surface area contributed by atoms with E-state index in [9.17, 15) is 0 Å². The van der Waals surface area contributed by atoms with Crippen molar-refractivity contribution >= 4 is 35.6 Å². The molecule has 1 heterocycles. The number of anilines is 1. The van der Waals surface area contributed by atoms with E-state index >= 15 is 0 Å². The van der Waals surface area contributed by atoms with Crippen LogP contribution in [0.4, 0.5) is 5.69 Å². The van der Waals surface area contributed by atoms with Crippen molar-refractivity contribution in [2.24, 2.45) is 4.99 Å². The molecule has 32 heavy (non-hydrogen) atoms. The molecule has 3 rings (SSSR count). The summed E-state index contributed by atoms with van der Waals surface area (Å²) in [5, 5.41) is 6.82. The number of nitrogens with zero attached hydrogens (tertiary/aromatic N) is 3. The van der Waals surface area contributed by atoms with E-state index in [1.54, 1.807) is 0 Å². The quantitative estimate of drug-likeness (QED) is 0.204. The predicted octanol–water partition coefficient (Wildman–Crippen LogP) is 3.72. The first-order chi connectivity index (χ1) is 15.3. The van der Waals surface area contributed by atoms with E-state index < -0.39 is 0 Å². The second kappa shape index (κ2) is 15.1. The summed E-state index contributed by atoms with van der Waals surface area (Å²) in [5.74, 6) is 0.836. The highest BCUT2D eigenvalue weighted by atomic mass is 127. The van der Waals surface area contributed by atoms with Gasteiger partial charge in [0.05, 0.1) is 0 Å². The van der Waals surface area contributed by atoms with Crippen molar-refractivity contribution in [3.63, 3.8) is 0 Å². The van der Waals surface area contributed by atoms with Gasteiger partial charge in [-0.05, 0) is 36.6 Å². The molecule has 0 bridgehead atoms. The van der Waals surface area contributed by atoms with Crippen LogP contribution in [0.25, 0.3) is 0 Å². The molecular formula is C25H38IN5O. The summed E-state index contributed by atoms with van der Waals surface area (Å²) in [4.78, 5) is 9.37. The summed E-state index contributed by atoms with van der Waals surface area (Å²) < 4.78 is 5.39. The Bertz CT molecular complexity index is 794. The van der Waals surface area contributed by atoms with Gasteiger partial charge in [-0.1, -0.05) is 42.5 Å². The molecule has 2 N–H and O–H groups in total. The summed E-state index contributed by atoms with van der Waals surface area (Å²) in [6.45, 7) is 10.5. The van der Waals surface area contributed by atoms with Gasteiger partial charge >= 0.3 is 0 Å². The molecule has 0 radical (unpaired) electrons. The van der Waals surface area contributed by atoms with Crippen molar-refractivity contribution in [1.29, 1.82) is 0 Å². The van der Waals surface area contributed by atoms with Crippen LogP contribution in [0, 0.1) is 0 Å². The first-order valence-corrected chi connectivity index (χ1v) is 11.4. The van der Waals surface area contributed by atoms with Gasteiger partial charge in [-0.3, -0.25) is 9.89 Å². The van der Waals surface area contributed by atoms with E-state index in [1.165, 1.54) is 16.8 Å². The highest BCUT2D eigenvalue weighted by Crippen LogP contribution is 2.18. The van der Waals surface area contributed by atoms with E-state index in [-0.39, 0.29) is 24.0 Å². The Kier molecular flexibility index (Phi) is 12.4. The normalized spacial score (nSPS) is 14.7. The highest BCUT2D eigenvalue weighted by Gasteiger charge is 2.18. The molecule has 1 fully saturated rings. The van der Waals surface area contributed by atoms with Crippen LogP contribution < -0.4 is 15.5 Å². The molecule has 0 amide bonds. The predicted molar refractivity (Wildman–Crippen MR) is 145 cm³/mol. The van der Waals surface area contributed by atoms with Crippen molar-refractivity contribution in [1.82, 2.24) is 15.5 Å². The molecule has 0 spiro atoms. The Morgan fingerprint density at radius 1 is 0.938 bits per heavy atom. The van der Waals surface area contributed by atoms with Crippen molar-refractivity contribution in [3.05, 3.63) is 65.7 Å². The van der Waals surface area contributed by atoms with Crippen LogP contribution in [0.3, 0.4) is 0 Å². The molecule has 6 nitrogen and oxygen atoms in total. The summed E-state index contributed by atoms with van der Waals surface area (Å²) >= 11 is 0. The zero-order chi connectivity index (χ0) is 21.7. The van der Waals surface area contributed by atoms with Crippen LogP contribution in [-0.4, -0.2) is 63.8 Å². The molecule has 0 unspecified atom stereocenters. The number of benzene rings is 2. The maximum absolute atomic E-state index is 5.39. The lowest BCUT2D eigenvalue weighted by atomic mass is 10.1. The molecule has 2 aromatic rings. The topological polar surface area (TPSA) is 52.1 Å². The van der Waals surface area contributed by atoms with Crippen LogP contribution in [0.15, 0.2) is 59.6 Å². The van der Waals surface area contributed by atoms with Gasteiger partial charge in [-0.25, -0.2) is 0 Å². The van der Waals surface area contributed by atoms with Crippen LogP contribution >= 0.6 is 24.0 Å². The lowest BCUT2D eigenvalue weighted by Crippen LogP contribution is -2.46. The molecule has 7 heteroatoms. The number of ether oxygens (including phenoxy) is 1. The molecule has 176 valence electrons. The van der Waals surface area contributed by atoms with Crippen molar-refractivity contribution in [3.8, 4) is 0 Å². The summed E-state index contributed by atoms with van der Waals surface area (Å²) in [6, 6.07) is 19.4. The number of rotatable bonds is 10. The molecule has 1 aliphatic rings. The van der Waals surface area contributed by atoms with Gasteiger partial charge in [0.15, 0.2) is 5.96 Å². The molecule has 0 aromatic heterocycles. The molecule has 1 saturated heterocycles. The lowest BCUT2D eigenvalue weighted by Gasteiger charge is -2.36. The summed E-state index contributed by atoms with van der Waals surface area (Å²) in [5.41, 5.74) is 4.03. The standard InChI is InChI=1S/C25H37N5O.HI/c1-3-31-19-9-14-27-25(26-2)28-20-22-10-7-8-11-23(22)21-29-15-17-30(18-16-29)24-12-5-4-6-13-24;/h4-8,10-13H,3,9,14-21H2,1-2H3,(H2,26,27,28);1H. The minimum atomic E-state index is 0.